The Morgan fingerprint density at radius 1 is 1.07 bits per heavy atom. The number of rotatable bonds is 10. The van der Waals surface area contributed by atoms with Crippen LogP contribution in [-0.4, -0.2) is 36.1 Å². The van der Waals surface area contributed by atoms with Crippen molar-refractivity contribution in [2.45, 2.75) is 52.1 Å². The predicted molar refractivity (Wildman–Crippen MR) is 160 cm³/mol. The number of hydrogen-bond donors (Lipinski definition) is 4. The van der Waals surface area contributed by atoms with E-state index >= 15 is 0 Å². The number of aryl methyl sites for hydroxylation is 1. The number of nitrogens with one attached hydrogen (secondary N) is 2. The minimum atomic E-state index is -1.67. The molecule has 11 heteroatoms. The highest BCUT2D eigenvalue weighted by atomic mass is 32.1. The first-order chi connectivity index (χ1) is 19.6. The third-order valence-corrected chi connectivity index (χ3v) is 9.03. The fourth-order valence-electron chi connectivity index (χ4n) is 5.71. The zero-order valence-electron chi connectivity index (χ0n) is 22.9. The van der Waals surface area contributed by atoms with Crippen molar-refractivity contribution in [1.29, 1.82) is 0 Å². The summed E-state index contributed by atoms with van der Waals surface area (Å²) >= 11 is 1.04. The summed E-state index contributed by atoms with van der Waals surface area (Å²) in [5.41, 5.74) is -0.000775. The lowest BCUT2D eigenvalue weighted by Crippen LogP contribution is -2.51. The largest absolute Gasteiger partial charge is 0.481 e. The molecule has 4 N–H and O–H groups in total. The molecule has 1 unspecified atom stereocenters. The molecule has 3 aromatic carbocycles. The summed E-state index contributed by atoms with van der Waals surface area (Å²) in [6, 6.07) is 14.9. The topological polar surface area (TPSA) is 154 Å². The van der Waals surface area contributed by atoms with Crippen LogP contribution >= 0.6 is 11.5 Å². The van der Waals surface area contributed by atoms with Crippen molar-refractivity contribution in [2.24, 2.45) is 5.92 Å². The number of fused-ring (bicyclic) bond motifs is 4. The van der Waals surface area contributed by atoms with Gasteiger partial charge in [-0.3, -0.25) is 14.4 Å². The van der Waals surface area contributed by atoms with E-state index in [1.54, 1.807) is 39.0 Å². The van der Waals surface area contributed by atoms with Gasteiger partial charge in [0.2, 0.25) is 0 Å². The van der Waals surface area contributed by atoms with Gasteiger partial charge in [-0.05, 0) is 66.4 Å². The standard InChI is InChI=1S/C30H30N4O6S/c1-4-19(13-25(35)36)30(5-2,29(39)40)34-28(38)21-10-9-20(14-24(21)41-34)31-15-17-6-7-18-8-11-23-26(22(18)12-17)27(37)33-16(3)32-23/h6-12,14,19,31H,4-5,13,15H2,1-3H3,(H,35,36)(H,39,40)(H,32,33,37)/t19?,30-/m1/s1. The van der Waals surface area contributed by atoms with Crippen LogP contribution < -0.4 is 16.4 Å². The van der Waals surface area contributed by atoms with Gasteiger partial charge >= 0.3 is 11.9 Å². The van der Waals surface area contributed by atoms with Crippen LogP contribution in [-0.2, 0) is 21.7 Å². The zero-order valence-corrected chi connectivity index (χ0v) is 23.7. The first-order valence-corrected chi connectivity index (χ1v) is 14.1. The third-order valence-electron chi connectivity index (χ3n) is 7.82. The summed E-state index contributed by atoms with van der Waals surface area (Å²) in [6.07, 6.45) is 0.00967. The number of aliphatic carboxylic acids is 2. The molecule has 41 heavy (non-hydrogen) atoms. The molecule has 2 heterocycles. The first kappa shape index (κ1) is 28.0. The van der Waals surface area contributed by atoms with Gasteiger partial charge < -0.3 is 20.5 Å². The van der Waals surface area contributed by atoms with Crippen LogP contribution in [0.2, 0.25) is 0 Å². The molecule has 2 aromatic heterocycles. The molecular formula is C30H30N4O6S. The van der Waals surface area contributed by atoms with Gasteiger partial charge in [-0.25, -0.2) is 13.7 Å². The van der Waals surface area contributed by atoms with Crippen molar-refractivity contribution in [3.8, 4) is 0 Å². The van der Waals surface area contributed by atoms with E-state index in [0.29, 0.717) is 39.8 Å². The van der Waals surface area contributed by atoms with E-state index in [-0.39, 0.29) is 18.4 Å². The summed E-state index contributed by atoms with van der Waals surface area (Å²) in [5, 5.41) is 25.7. The molecule has 0 aliphatic heterocycles. The Balaban J connectivity index is 1.49. The smallest absolute Gasteiger partial charge is 0.331 e. The Hall–Kier alpha value is -4.51. The van der Waals surface area contributed by atoms with Gasteiger partial charge in [0.25, 0.3) is 11.1 Å². The van der Waals surface area contributed by atoms with Crippen LogP contribution in [0.25, 0.3) is 31.8 Å². The van der Waals surface area contributed by atoms with E-state index in [9.17, 15) is 29.4 Å². The molecule has 0 saturated heterocycles. The molecule has 0 saturated carbocycles. The minimum Gasteiger partial charge on any atom is -0.481 e. The van der Waals surface area contributed by atoms with Crippen molar-refractivity contribution in [1.82, 2.24) is 13.9 Å². The highest BCUT2D eigenvalue weighted by Crippen LogP contribution is 2.38. The van der Waals surface area contributed by atoms with Crippen LogP contribution in [0.3, 0.4) is 0 Å². The van der Waals surface area contributed by atoms with Gasteiger partial charge in [-0.2, -0.15) is 0 Å². The highest BCUT2D eigenvalue weighted by molar-refractivity contribution is 7.14. The van der Waals surface area contributed by atoms with Gasteiger partial charge in [0, 0.05) is 18.2 Å². The number of carbonyl (C=O) groups is 2. The summed E-state index contributed by atoms with van der Waals surface area (Å²) in [4.78, 5) is 57.5. The summed E-state index contributed by atoms with van der Waals surface area (Å²) in [6.45, 7) is 5.59. The maximum absolute atomic E-state index is 13.4. The fraction of sp³-hybridized carbons (Fsp3) is 0.300. The number of nitrogens with zero attached hydrogens (tertiary/aromatic N) is 2. The maximum atomic E-state index is 13.4. The minimum absolute atomic E-state index is 0.0700. The lowest BCUT2D eigenvalue weighted by atomic mass is 9.78. The lowest BCUT2D eigenvalue weighted by Gasteiger charge is -2.35. The van der Waals surface area contributed by atoms with E-state index in [2.05, 4.69) is 15.3 Å². The molecule has 0 radical (unpaired) electrons. The van der Waals surface area contributed by atoms with E-state index in [1.807, 2.05) is 30.3 Å². The number of aromatic nitrogens is 3. The number of hydrogen-bond acceptors (Lipinski definition) is 7. The first-order valence-electron chi connectivity index (χ1n) is 13.4. The number of carboxylic acids is 2. The normalized spacial score (nSPS) is 13.8. The van der Waals surface area contributed by atoms with Crippen molar-refractivity contribution in [3.63, 3.8) is 0 Å². The molecule has 0 amide bonds. The summed E-state index contributed by atoms with van der Waals surface area (Å²) in [5.74, 6) is -2.53. The van der Waals surface area contributed by atoms with E-state index in [0.717, 1.165) is 33.6 Å². The van der Waals surface area contributed by atoms with E-state index < -0.39 is 29.0 Å². The van der Waals surface area contributed by atoms with Crippen molar-refractivity contribution in [2.75, 3.05) is 5.32 Å². The number of H-pyrrole nitrogens is 1. The SMILES string of the molecule is CCC(CC(=O)O)[C@](CC)(C(=O)O)n1sc2cc(NCc3ccc4ccc5nc(C)[nH]c(=O)c5c4c3)ccc2c1=O. The third kappa shape index (κ3) is 4.86. The second kappa shape index (κ2) is 10.8. The molecule has 0 bridgehead atoms. The summed E-state index contributed by atoms with van der Waals surface area (Å²) in [7, 11) is 0. The van der Waals surface area contributed by atoms with Crippen LogP contribution in [0.15, 0.2) is 58.1 Å². The van der Waals surface area contributed by atoms with Crippen molar-refractivity contribution in [3.05, 3.63) is 80.6 Å². The Labute approximate surface area is 238 Å². The van der Waals surface area contributed by atoms with E-state index in [1.165, 1.54) is 3.96 Å². The average molecular weight is 575 g/mol. The highest BCUT2D eigenvalue weighted by Gasteiger charge is 2.48. The molecule has 0 aliphatic rings. The van der Waals surface area contributed by atoms with Crippen LogP contribution in [0, 0.1) is 12.8 Å². The molecular weight excluding hydrogens is 544 g/mol. The van der Waals surface area contributed by atoms with E-state index in [4.69, 9.17) is 0 Å². The average Bonchev–Trinajstić information content (AvgIpc) is 3.26. The van der Waals surface area contributed by atoms with Crippen molar-refractivity contribution < 1.29 is 19.8 Å². The number of aromatic amines is 1. The fourth-order valence-corrected chi connectivity index (χ4v) is 7.04. The number of carboxylic acid groups (broad SMARTS) is 2. The molecule has 5 rings (SSSR count). The van der Waals surface area contributed by atoms with Gasteiger partial charge in [0.1, 0.15) is 5.82 Å². The molecule has 0 aliphatic carbocycles. The molecule has 0 spiro atoms. The quantitative estimate of drug-likeness (QED) is 0.169. The predicted octanol–water partition coefficient (Wildman–Crippen LogP) is 5.06. The van der Waals surface area contributed by atoms with Gasteiger partial charge in [-0.1, -0.05) is 43.6 Å². The van der Waals surface area contributed by atoms with Gasteiger partial charge in [0.15, 0.2) is 5.54 Å². The van der Waals surface area contributed by atoms with Gasteiger partial charge in [-0.15, -0.1) is 0 Å². The number of anilines is 1. The Morgan fingerprint density at radius 2 is 1.83 bits per heavy atom. The maximum Gasteiger partial charge on any atom is 0.331 e. The van der Waals surface area contributed by atoms with Crippen LogP contribution in [0.5, 0.6) is 0 Å². The lowest BCUT2D eigenvalue weighted by molar-refractivity contribution is -0.152. The van der Waals surface area contributed by atoms with Crippen molar-refractivity contribution >= 4 is 60.9 Å². The Kier molecular flexibility index (Phi) is 7.39. The van der Waals surface area contributed by atoms with Gasteiger partial charge in [0.05, 0.1) is 27.4 Å². The number of benzene rings is 3. The van der Waals surface area contributed by atoms with Crippen LogP contribution in [0.1, 0.15) is 44.5 Å². The Bertz CT molecular complexity index is 1940. The molecule has 5 aromatic rings. The monoisotopic (exact) mass is 574 g/mol. The summed E-state index contributed by atoms with van der Waals surface area (Å²) < 4.78 is 1.85. The second-order valence-electron chi connectivity index (χ2n) is 10.2. The zero-order chi connectivity index (χ0) is 29.5. The molecule has 10 nitrogen and oxygen atoms in total. The molecule has 212 valence electrons. The Morgan fingerprint density at radius 3 is 2.51 bits per heavy atom. The van der Waals surface area contributed by atoms with Crippen LogP contribution in [0.4, 0.5) is 5.69 Å². The molecule has 0 fully saturated rings. The second-order valence-corrected chi connectivity index (χ2v) is 11.2. The molecule has 2 atom stereocenters.